The summed E-state index contributed by atoms with van der Waals surface area (Å²) in [6.07, 6.45) is 0. The Hall–Kier alpha value is -3.08. The molecule has 0 aliphatic carbocycles. The lowest BCUT2D eigenvalue weighted by Gasteiger charge is -2.10. The van der Waals surface area contributed by atoms with Gasteiger partial charge in [-0.3, -0.25) is 4.79 Å². The number of nitrogens with two attached hydrogens (primary N) is 2. The lowest BCUT2D eigenvalue weighted by Crippen LogP contribution is -2.14. The third-order valence-electron chi connectivity index (χ3n) is 3.34. The van der Waals surface area contributed by atoms with Crippen molar-refractivity contribution in [1.29, 1.82) is 0 Å². The van der Waals surface area contributed by atoms with Crippen molar-refractivity contribution in [3.63, 3.8) is 0 Å². The number of pyridine rings is 1. The van der Waals surface area contributed by atoms with Crippen molar-refractivity contribution in [3.8, 4) is 5.75 Å². The van der Waals surface area contributed by atoms with Gasteiger partial charge >= 0.3 is 0 Å². The fraction of sp³-hybridized carbons (Fsp3) is 0.0588. The van der Waals surface area contributed by atoms with Crippen LogP contribution >= 0.6 is 0 Å². The number of aromatic nitrogens is 1. The van der Waals surface area contributed by atoms with Gasteiger partial charge in [-0.2, -0.15) is 0 Å². The summed E-state index contributed by atoms with van der Waals surface area (Å²) in [4.78, 5) is 15.6. The lowest BCUT2D eigenvalue weighted by atomic mass is 10.1. The van der Waals surface area contributed by atoms with Crippen LogP contribution in [0.25, 0.3) is 10.9 Å². The number of ether oxygens (including phenoxy) is 1. The predicted molar refractivity (Wildman–Crippen MR) is 85.4 cm³/mol. The summed E-state index contributed by atoms with van der Waals surface area (Å²) in [6, 6.07) is 17.0. The minimum absolute atomic E-state index is 0.107. The Kier molecular flexibility index (Phi) is 3.62. The van der Waals surface area contributed by atoms with Gasteiger partial charge in [0.15, 0.2) is 0 Å². The monoisotopic (exact) mass is 293 g/mol. The molecule has 0 aliphatic rings. The van der Waals surface area contributed by atoms with Gasteiger partial charge in [0, 0.05) is 5.39 Å². The van der Waals surface area contributed by atoms with Crippen molar-refractivity contribution in [2.45, 2.75) is 6.61 Å². The van der Waals surface area contributed by atoms with Crippen molar-refractivity contribution in [2.75, 3.05) is 5.73 Å². The zero-order valence-corrected chi connectivity index (χ0v) is 11.8. The molecule has 22 heavy (non-hydrogen) atoms. The highest BCUT2D eigenvalue weighted by Crippen LogP contribution is 2.27. The second-order valence-corrected chi connectivity index (χ2v) is 4.89. The van der Waals surface area contributed by atoms with E-state index in [1.807, 2.05) is 48.5 Å². The molecule has 0 fully saturated rings. The van der Waals surface area contributed by atoms with Crippen molar-refractivity contribution < 1.29 is 9.53 Å². The quantitative estimate of drug-likeness (QED) is 0.773. The fourth-order valence-corrected chi connectivity index (χ4v) is 2.23. The molecule has 0 radical (unpaired) electrons. The summed E-state index contributed by atoms with van der Waals surface area (Å²) in [5.41, 5.74) is 13.0. The number of nitrogen functional groups attached to an aromatic ring is 1. The molecule has 3 rings (SSSR count). The molecule has 5 nitrogen and oxygen atoms in total. The normalized spacial score (nSPS) is 10.5. The summed E-state index contributed by atoms with van der Waals surface area (Å²) in [5.74, 6) is 0.127. The summed E-state index contributed by atoms with van der Waals surface area (Å²) >= 11 is 0. The summed E-state index contributed by atoms with van der Waals surface area (Å²) < 4.78 is 5.83. The number of amides is 1. The van der Waals surface area contributed by atoms with Gasteiger partial charge in [-0.15, -0.1) is 0 Å². The topological polar surface area (TPSA) is 91.2 Å². The molecule has 0 spiro atoms. The van der Waals surface area contributed by atoms with E-state index in [4.69, 9.17) is 16.2 Å². The molecule has 5 heteroatoms. The second kappa shape index (κ2) is 5.73. The minimum Gasteiger partial charge on any atom is -0.487 e. The van der Waals surface area contributed by atoms with Crippen LogP contribution in [0, 0.1) is 0 Å². The fourth-order valence-electron chi connectivity index (χ4n) is 2.23. The second-order valence-electron chi connectivity index (χ2n) is 4.89. The zero-order chi connectivity index (χ0) is 15.5. The van der Waals surface area contributed by atoms with Crippen molar-refractivity contribution in [2.24, 2.45) is 5.73 Å². The van der Waals surface area contributed by atoms with Crippen LogP contribution in [0.2, 0.25) is 0 Å². The van der Waals surface area contributed by atoms with E-state index in [0.717, 1.165) is 10.9 Å². The number of carbonyl (C=O) groups is 1. The predicted octanol–water partition coefficient (Wildman–Crippen LogP) is 2.49. The Morgan fingerprint density at radius 3 is 2.59 bits per heavy atom. The SMILES string of the molecule is NC(=O)c1cc2cccc(OCc3ccccc3)c2nc1N. The average molecular weight is 293 g/mol. The van der Waals surface area contributed by atoms with E-state index in [2.05, 4.69) is 4.98 Å². The standard InChI is InChI=1S/C17H15N3O2/c18-16-13(17(19)21)9-12-7-4-8-14(15(12)20-16)22-10-11-5-2-1-3-6-11/h1-9H,10H2,(H2,18,20)(H2,19,21). The molecule has 1 amide bonds. The maximum atomic E-state index is 11.3. The first kappa shape index (κ1) is 13.9. The number of primary amides is 1. The van der Waals surface area contributed by atoms with E-state index in [1.165, 1.54) is 0 Å². The number of nitrogens with zero attached hydrogens (tertiary/aromatic N) is 1. The Morgan fingerprint density at radius 2 is 1.86 bits per heavy atom. The van der Waals surface area contributed by atoms with Gasteiger partial charge < -0.3 is 16.2 Å². The van der Waals surface area contributed by atoms with Crippen molar-refractivity contribution >= 4 is 22.6 Å². The molecule has 110 valence electrons. The molecule has 0 saturated heterocycles. The molecule has 1 heterocycles. The largest absolute Gasteiger partial charge is 0.487 e. The van der Waals surface area contributed by atoms with E-state index in [0.29, 0.717) is 17.9 Å². The van der Waals surface area contributed by atoms with Crippen LogP contribution in [0.3, 0.4) is 0 Å². The molecule has 2 aromatic carbocycles. The Labute approximate surface area is 127 Å². The van der Waals surface area contributed by atoms with E-state index in [1.54, 1.807) is 6.07 Å². The lowest BCUT2D eigenvalue weighted by molar-refractivity contribution is 0.100. The molecule has 0 aliphatic heterocycles. The highest BCUT2D eigenvalue weighted by molar-refractivity contribution is 6.01. The summed E-state index contributed by atoms with van der Waals surface area (Å²) in [6.45, 7) is 0.430. The molecule has 1 aromatic heterocycles. The Bertz CT molecular complexity index is 832. The summed E-state index contributed by atoms with van der Waals surface area (Å²) in [7, 11) is 0. The summed E-state index contributed by atoms with van der Waals surface area (Å²) in [5, 5.41) is 0.758. The maximum Gasteiger partial charge on any atom is 0.252 e. The van der Waals surface area contributed by atoms with Crippen LogP contribution in [0.15, 0.2) is 54.6 Å². The van der Waals surface area contributed by atoms with Crippen LogP contribution in [-0.4, -0.2) is 10.9 Å². The molecule has 4 N–H and O–H groups in total. The average Bonchev–Trinajstić information content (AvgIpc) is 2.53. The number of anilines is 1. The van der Waals surface area contributed by atoms with Crippen LogP contribution in [0.4, 0.5) is 5.82 Å². The van der Waals surface area contributed by atoms with Gasteiger partial charge in [0.25, 0.3) is 5.91 Å². The van der Waals surface area contributed by atoms with Crippen LogP contribution in [-0.2, 0) is 6.61 Å². The van der Waals surface area contributed by atoms with E-state index < -0.39 is 5.91 Å². The van der Waals surface area contributed by atoms with Gasteiger partial charge in [-0.25, -0.2) is 4.98 Å². The number of hydrogen-bond donors (Lipinski definition) is 2. The number of hydrogen-bond acceptors (Lipinski definition) is 4. The first-order valence-corrected chi connectivity index (χ1v) is 6.81. The van der Waals surface area contributed by atoms with E-state index in [9.17, 15) is 4.79 Å². The van der Waals surface area contributed by atoms with E-state index in [-0.39, 0.29) is 11.4 Å². The van der Waals surface area contributed by atoms with Crippen LogP contribution in [0.1, 0.15) is 15.9 Å². The van der Waals surface area contributed by atoms with Crippen LogP contribution in [0.5, 0.6) is 5.75 Å². The molecule has 0 bridgehead atoms. The molecule has 0 saturated carbocycles. The molecule has 0 unspecified atom stereocenters. The van der Waals surface area contributed by atoms with Crippen LogP contribution < -0.4 is 16.2 Å². The first-order chi connectivity index (χ1) is 10.6. The number of benzene rings is 2. The molecule has 0 atom stereocenters. The van der Waals surface area contributed by atoms with Gasteiger partial charge in [0.05, 0.1) is 5.56 Å². The number of carbonyl (C=O) groups excluding carboxylic acids is 1. The molecular formula is C17H15N3O2. The molecular weight excluding hydrogens is 278 g/mol. The van der Waals surface area contributed by atoms with Crippen molar-refractivity contribution in [1.82, 2.24) is 4.98 Å². The number of fused-ring (bicyclic) bond motifs is 1. The van der Waals surface area contributed by atoms with Gasteiger partial charge in [0.2, 0.25) is 0 Å². The smallest absolute Gasteiger partial charge is 0.252 e. The Balaban J connectivity index is 1.96. The third kappa shape index (κ3) is 2.69. The Morgan fingerprint density at radius 1 is 1.09 bits per heavy atom. The zero-order valence-electron chi connectivity index (χ0n) is 11.8. The van der Waals surface area contributed by atoms with Gasteiger partial charge in [-0.05, 0) is 17.7 Å². The molecule has 3 aromatic rings. The minimum atomic E-state index is -0.595. The first-order valence-electron chi connectivity index (χ1n) is 6.81. The third-order valence-corrected chi connectivity index (χ3v) is 3.34. The number of rotatable bonds is 4. The van der Waals surface area contributed by atoms with Crippen molar-refractivity contribution in [3.05, 3.63) is 65.7 Å². The maximum absolute atomic E-state index is 11.3. The highest BCUT2D eigenvalue weighted by atomic mass is 16.5. The number of para-hydroxylation sites is 1. The van der Waals surface area contributed by atoms with Gasteiger partial charge in [0.1, 0.15) is 23.7 Å². The highest BCUT2D eigenvalue weighted by Gasteiger charge is 2.12. The van der Waals surface area contributed by atoms with Gasteiger partial charge in [-0.1, -0.05) is 42.5 Å². The van der Waals surface area contributed by atoms with E-state index >= 15 is 0 Å².